The van der Waals surface area contributed by atoms with Gasteiger partial charge in [-0.25, -0.2) is 0 Å². The number of anilines is 2. The number of hydrogen-bond acceptors (Lipinski definition) is 6. The molecule has 0 aliphatic carbocycles. The average molecular weight is 497 g/mol. The summed E-state index contributed by atoms with van der Waals surface area (Å²) in [6.45, 7) is 10.9. The Morgan fingerprint density at radius 2 is 2.00 bits per heavy atom. The quantitative estimate of drug-likeness (QED) is 0.406. The monoisotopic (exact) mass is 496 g/mol. The number of piperazine rings is 1. The van der Waals surface area contributed by atoms with E-state index in [2.05, 4.69) is 46.7 Å². The average Bonchev–Trinajstić information content (AvgIpc) is 3.41. The minimum atomic E-state index is 0.0396. The number of benzene rings is 2. The van der Waals surface area contributed by atoms with E-state index in [-0.39, 0.29) is 12.6 Å². The van der Waals surface area contributed by atoms with E-state index in [1.807, 2.05) is 13.0 Å². The Morgan fingerprint density at radius 1 is 1.21 bits per heavy atom. The van der Waals surface area contributed by atoms with Crippen molar-refractivity contribution in [1.29, 1.82) is 0 Å². The van der Waals surface area contributed by atoms with Crippen LogP contribution in [0.15, 0.2) is 48.7 Å². The van der Waals surface area contributed by atoms with E-state index in [0.717, 1.165) is 68.2 Å². The predicted molar refractivity (Wildman–Crippen MR) is 140 cm³/mol. The Labute approximate surface area is 209 Å². The lowest BCUT2D eigenvalue weighted by Gasteiger charge is -2.35. The summed E-state index contributed by atoms with van der Waals surface area (Å²) in [6.07, 6.45) is 1.98. The topological polar surface area (TPSA) is 48.9 Å². The van der Waals surface area contributed by atoms with Gasteiger partial charge >= 0.3 is 0 Å². The molecular formula is C26H29ClN4O2S. The molecule has 5 rings (SSSR count). The second-order valence-electron chi connectivity index (χ2n) is 8.82. The second-order valence-corrected chi connectivity index (χ2v) is 10.0. The van der Waals surface area contributed by atoms with Crippen molar-refractivity contribution in [3.63, 3.8) is 0 Å². The van der Waals surface area contributed by atoms with Crippen LogP contribution in [0.4, 0.5) is 11.5 Å². The summed E-state index contributed by atoms with van der Waals surface area (Å²) in [5, 5.41) is 1.96. The molecule has 34 heavy (non-hydrogen) atoms. The molecule has 2 aliphatic heterocycles. The first kappa shape index (κ1) is 23.1. The van der Waals surface area contributed by atoms with Crippen molar-refractivity contribution in [3.05, 3.63) is 64.9 Å². The lowest BCUT2D eigenvalue weighted by molar-refractivity contribution is -0.118. The number of halogens is 1. The minimum Gasteiger partial charge on any atom is -0.478 e. The van der Waals surface area contributed by atoms with E-state index in [1.54, 1.807) is 16.4 Å². The number of nitrogens with zero attached hydrogens (tertiary/aromatic N) is 4. The maximum atomic E-state index is 12.5. The molecule has 0 saturated carbocycles. The van der Waals surface area contributed by atoms with Crippen LogP contribution in [0.2, 0.25) is 5.02 Å². The smallest absolute Gasteiger partial charge is 0.234 e. The molecule has 1 amide bonds. The van der Waals surface area contributed by atoms with Gasteiger partial charge in [0.1, 0.15) is 5.82 Å². The first-order chi connectivity index (χ1) is 16.5. The van der Waals surface area contributed by atoms with Gasteiger partial charge in [0.25, 0.3) is 0 Å². The highest BCUT2D eigenvalue weighted by molar-refractivity contribution is 7.13. The third-order valence-corrected chi connectivity index (χ3v) is 7.87. The van der Waals surface area contributed by atoms with Crippen molar-refractivity contribution in [1.82, 2.24) is 9.27 Å². The van der Waals surface area contributed by atoms with E-state index >= 15 is 0 Å². The van der Waals surface area contributed by atoms with Crippen LogP contribution in [0.5, 0.6) is 0 Å². The maximum absolute atomic E-state index is 12.5. The number of rotatable bonds is 8. The molecule has 3 aromatic rings. The molecule has 0 atom stereocenters. The van der Waals surface area contributed by atoms with Crippen molar-refractivity contribution >= 4 is 50.6 Å². The minimum absolute atomic E-state index is 0.0396. The third-order valence-electron chi connectivity index (χ3n) is 6.70. The highest BCUT2D eigenvalue weighted by atomic mass is 35.5. The summed E-state index contributed by atoms with van der Waals surface area (Å²) >= 11 is 8.22. The number of amides is 1. The van der Waals surface area contributed by atoms with Gasteiger partial charge in [-0.15, -0.1) is 0 Å². The van der Waals surface area contributed by atoms with Gasteiger partial charge in [-0.1, -0.05) is 43.3 Å². The molecule has 0 radical (unpaired) electrons. The van der Waals surface area contributed by atoms with Gasteiger partial charge in [0.15, 0.2) is 6.73 Å². The zero-order valence-electron chi connectivity index (χ0n) is 19.4. The Hall–Kier alpha value is -2.61. The summed E-state index contributed by atoms with van der Waals surface area (Å²) in [5.41, 5.74) is 2.98. The summed E-state index contributed by atoms with van der Waals surface area (Å²) in [7, 11) is 0. The summed E-state index contributed by atoms with van der Waals surface area (Å²) in [6, 6.07) is 12.5. The van der Waals surface area contributed by atoms with E-state index in [1.165, 1.54) is 10.1 Å². The Balaban J connectivity index is 1.18. The zero-order valence-corrected chi connectivity index (χ0v) is 21.0. The largest absolute Gasteiger partial charge is 0.478 e. The number of fused-ring (bicyclic) bond motifs is 2. The van der Waals surface area contributed by atoms with E-state index in [4.69, 9.17) is 20.7 Å². The Kier molecular flexibility index (Phi) is 6.77. The molecule has 6 nitrogen and oxygen atoms in total. The molecule has 0 bridgehead atoms. The lowest BCUT2D eigenvalue weighted by atomic mass is 10.1. The van der Waals surface area contributed by atoms with Gasteiger partial charge in [-0.3, -0.25) is 14.6 Å². The first-order valence-electron chi connectivity index (χ1n) is 11.8. The van der Waals surface area contributed by atoms with Crippen molar-refractivity contribution in [3.8, 4) is 0 Å². The highest BCUT2D eigenvalue weighted by Crippen LogP contribution is 2.35. The molecule has 178 valence electrons. The molecular weight excluding hydrogens is 468 g/mol. The predicted octanol–water partition coefficient (Wildman–Crippen LogP) is 5.10. The standard InChI is InChI=1S/C26H29ClN4O2S/c1-3-18(2)33-17-31-23-16-22(27)19(14-20(23)15-25(31)32)8-9-29-10-12-30(13-11-29)26-21-6-4-5-7-24(21)34-28-26/h4-7,14,16H,2-3,8-13,15,17H2,1H3. The molecule has 2 aliphatic rings. The Bertz CT molecular complexity index is 1220. The van der Waals surface area contributed by atoms with Gasteiger partial charge in [-0.05, 0) is 47.3 Å². The SMILES string of the molecule is C=C(CC)OCN1C(=O)Cc2cc(CCN3CCN(c4nsc5ccccc45)CC3)c(Cl)cc21. The summed E-state index contributed by atoms with van der Waals surface area (Å²) in [5.74, 6) is 1.83. The Morgan fingerprint density at radius 3 is 2.79 bits per heavy atom. The molecule has 1 fully saturated rings. The molecule has 0 spiro atoms. The van der Waals surface area contributed by atoms with Gasteiger partial charge < -0.3 is 9.64 Å². The number of hydrogen-bond donors (Lipinski definition) is 0. The van der Waals surface area contributed by atoms with Crippen molar-refractivity contribution in [2.75, 3.05) is 49.3 Å². The zero-order chi connectivity index (χ0) is 23.7. The second kappa shape index (κ2) is 9.94. The molecule has 2 aromatic carbocycles. The number of aromatic nitrogens is 1. The van der Waals surface area contributed by atoms with Crippen molar-refractivity contribution in [2.24, 2.45) is 0 Å². The molecule has 0 unspecified atom stereocenters. The normalized spacial score (nSPS) is 16.4. The number of allylic oxidation sites excluding steroid dienone is 1. The van der Waals surface area contributed by atoms with Crippen molar-refractivity contribution < 1.29 is 9.53 Å². The number of ether oxygens (including phenoxy) is 1. The van der Waals surface area contributed by atoms with Gasteiger partial charge in [0.2, 0.25) is 5.91 Å². The number of carbonyl (C=O) groups is 1. The van der Waals surface area contributed by atoms with Crippen LogP contribution >= 0.6 is 23.1 Å². The highest BCUT2D eigenvalue weighted by Gasteiger charge is 2.29. The van der Waals surface area contributed by atoms with Crippen LogP contribution in [-0.2, 0) is 22.4 Å². The van der Waals surface area contributed by atoms with Gasteiger partial charge in [0, 0.05) is 49.6 Å². The molecule has 1 saturated heterocycles. The van der Waals surface area contributed by atoms with Crippen LogP contribution < -0.4 is 9.80 Å². The lowest BCUT2D eigenvalue weighted by Crippen LogP contribution is -2.47. The fraction of sp³-hybridized carbons (Fsp3) is 0.385. The molecule has 0 N–H and O–H groups in total. The van der Waals surface area contributed by atoms with E-state index < -0.39 is 0 Å². The van der Waals surface area contributed by atoms with E-state index in [0.29, 0.717) is 17.2 Å². The van der Waals surface area contributed by atoms with Crippen molar-refractivity contribution in [2.45, 2.75) is 26.2 Å². The third kappa shape index (κ3) is 4.65. The first-order valence-corrected chi connectivity index (χ1v) is 12.9. The molecule has 1 aromatic heterocycles. The summed E-state index contributed by atoms with van der Waals surface area (Å²) in [4.78, 5) is 19.1. The van der Waals surface area contributed by atoms with Gasteiger partial charge in [-0.2, -0.15) is 4.37 Å². The number of carbonyl (C=O) groups excluding carboxylic acids is 1. The summed E-state index contributed by atoms with van der Waals surface area (Å²) < 4.78 is 11.6. The molecule has 8 heteroatoms. The molecule has 3 heterocycles. The van der Waals surface area contributed by atoms with E-state index in [9.17, 15) is 4.79 Å². The van der Waals surface area contributed by atoms with Crippen LogP contribution in [-0.4, -0.2) is 54.6 Å². The van der Waals surface area contributed by atoms with Crippen LogP contribution in [0.1, 0.15) is 24.5 Å². The van der Waals surface area contributed by atoms with Crippen LogP contribution in [0.3, 0.4) is 0 Å². The fourth-order valence-electron chi connectivity index (χ4n) is 4.60. The van der Waals surface area contributed by atoms with Crippen LogP contribution in [0.25, 0.3) is 10.1 Å². The fourth-order valence-corrected chi connectivity index (χ4v) is 5.65. The van der Waals surface area contributed by atoms with Gasteiger partial charge in [0.05, 0.1) is 22.6 Å². The maximum Gasteiger partial charge on any atom is 0.234 e. The van der Waals surface area contributed by atoms with Crippen LogP contribution in [0, 0.1) is 0 Å².